The molecule has 5 rings (SSSR count). The molecule has 5 aromatic rings. The quantitative estimate of drug-likeness (QED) is 0.347. The van der Waals surface area contributed by atoms with Crippen molar-refractivity contribution in [3.63, 3.8) is 0 Å². The molecule has 0 spiro atoms. The molecule has 1 amide bonds. The van der Waals surface area contributed by atoms with Crippen LogP contribution in [-0.4, -0.2) is 42.8 Å². The number of hydrogen-bond acceptors (Lipinski definition) is 6. The normalized spacial score (nSPS) is 13.1. The van der Waals surface area contributed by atoms with Crippen LogP contribution in [0.4, 0.5) is 0 Å². The van der Waals surface area contributed by atoms with Gasteiger partial charge in [0, 0.05) is 28.6 Å². The summed E-state index contributed by atoms with van der Waals surface area (Å²) < 4.78 is 1.77. The predicted octanol–water partition coefficient (Wildman–Crippen LogP) is 4.44. The Morgan fingerprint density at radius 1 is 0.972 bits per heavy atom. The maximum Gasteiger partial charge on any atom is 0.251 e. The largest absolute Gasteiger partial charge is 0.342 e. The van der Waals surface area contributed by atoms with Crippen LogP contribution in [0.5, 0.6) is 0 Å². The molecule has 0 bridgehead atoms. The highest BCUT2D eigenvalue weighted by Gasteiger charge is 2.18. The maximum atomic E-state index is 12.5. The van der Waals surface area contributed by atoms with E-state index in [1.165, 1.54) is 0 Å². The lowest BCUT2D eigenvalue weighted by molar-refractivity contribution is -0.110. The Hall–Kier alpha value is -4.46. The molecule has 2 aromatic carbocycles. The second-order valence-electron chi connectivity index (χ2n) is 9.17. The number of carbonyl (C=O) groups is 2. The molecule has 0 fully saturated rings. The van der Waals surface area contributed by atoms with E-state index in [0.29, 0.717) is 17.0 Å². The van der Waals surface area contributed by atoms with Gasteiger partial charge in [-0.25, -0.2) is 14.5 Å². The van der Waals surface area contributed by atoms with Crippen molar-refractivity contribution >= 4 is 28.9 Å². The summed E-state index contributed by atoms with van der Waals surface area (Å²) in [7, 11) is 0. The number of benzene rings is 2. The van der Waals surface area contributed by atoms with Gasteiger partial charge in [0.2, 0.25) is 0 Å². The van der Waals surface area contributed by atoms with Crippen molar-refractivity contribution in [2.24, 2.45) is 5.92 Å². The van der Waals surface area contributed by atoms with Gasteiger partial charge < -0.3 is 10.1 Å². The minimum Gasteiger partial charge on any atom is -0.342 e. The number of hydrogen-bond donors (Lipinski definition) is 1. The molecule has 1 N–H and O–H groups in total. The molecule has 0 aliphatic rings. The van der Waals surface area contributed by atoms with Gasteiger partial charge in [-0.3, -0.25) is 9.78 Å². The topological polar surface area (TPSA) is 102 Å². The Kier molecular flexibility index (Phi) is 6.25. The average molecular weight is 479 g/mol. The SMILES string of the molecule is CC(c1ccc2ncccc2c1)c1cnc2ncc(-c3ccc(C(=O)NC(C=O)C(C)C)cc3)nn12. The predicted molar refractivity (Wildman–Crippen MR) is 138 cm³/mol. The van der Waals surface area contributed by atoms with Crippen molar-refractivity contribution in [1.82, 2.24) is 29.9 Å². The molecule has 0 radical (unpaired) electrons. The molecule has 180 valence electrons. The van der Waals surface area contributed by atoms with Gasteiger partial charge in [-0.2, -0.15) is 5.10 Å². The Labute approximate surface area is 208 Å². The second-order valence-corrected chi connectivity index (χ2v) is 9.17. The van der Waals surface area contributed by atoms with E-state index in [0.717, 1.165) is 34.0 Å². The van der Waals surface area contributed by atoms with Crippen molar-refractivity contribution in [3.05, 3.63) is 90.0 Å². The third-order valence-electron chi connectivity index (χ3n) is 6.43. The molecule has 0 saturated carbocycles. The molecule has 2 unspecified atom stereocenters. The zero-order valence-corrected chi connectivity index (χ0v) is 20.3. The van der Waals surface area contributed by atoms with Crippen molar-refractivity contribution in [1.29, 1.82) is 0 Å². The molecule has 2 atom stereocenters. The van der Waals surface area contributed by atoms with E-state index in [9.17, 15) is 9.59 Å². The van der Waals surface area contributed by atoms with Gasteiger partial charge in [0.05, 0.1) is 29.6 Å². The lowest BCUT2D eigenvalue weighted by atomic mass is 9.97. The van der Waals surface area contributed by atoms with Crippen LogP contribution in [0.1, 0.15) is 48.3 Å². The maximum absolute atomic E-state index is 12.5. The monoisotopic (exact) mass is 478 g/mol. The zero-order chi connectivity index (χ0) is 25.2. The first-order chi connectivity index (χ1) is 17.4. The zero-order valence-electron chi connectivity index (χ0n) is 20.3. The van der Waals surface area contributed by atoms with Crippen LogP contribution in [0, 0.1) is 5.92 Å². The van der Waals surface area contributed by atoms with Gasteiger partial charge in [-0.05, 0) is 41.8 Å². The van der Waals surface area contributed by atoms with Crippen molar-refractivity contribution in [3.8, 4) is 11.3 Å². The van der Waals surface area contributed by atoms with E-state index >= 15 is 0 Å². The molecule has 0 aliphatic carbocycles. The van der Waals surface area contributed by atoms with Crippen LogP contribution in [0.15, 0.2) is 73.2 Å². The summed E-state index contributed by atoms with van der Waals surface area (Å²) in [5.41, 5.74) is 4.97. The number of imidazole rings is 1. The number of carbonyl (C=O) groups excluding carboxylic acids is 2. The number of amides is 1. The van der Waals surface area contributed by atoms with E-state index in [2.05, 4.69) is 45.4 Å². The summed E-state index contributed by atoms with van der Waals surface area (Å²) in [5.74, 6) is 0.288. The molecule has 0 saturated heterocycles. The van der Waals surface area contributed by atoms with Gasteiger partial charge in [-0.1, -0.05) is 45.0 Å². The Morgan fingerprint density at radius 3 is 2.50 bits per heavy atom. The van der Waals surface area contributed by atoms with Crippen molar-refractivity contribution in [2.75, 3.05) is 0 Å². The number of fused-ring (bicyclic) bond motifs is 2. The lowest BCUT2D eigenvalue weighted by Gasteiger charge is -2.16. The molecular formula is C28H26N6O2. The number of pyridine rings is 1. The molecule has 3 aromatic heterocycles. The van der Waals surface area contributed by atoms with E-state index in [-0.39, 0.29) is 17.7 Å². The standard InChI is InChI=1S/C28H26N6O2/c1-17(2)25(16-35)32-27(36)20-8-6-19(7-9-20)24-14-30-28-31-15-26(34(28)33-24)18(3)21-10-11-23-22(13-21)5-4-12-29-23/h4-18,25H,1-3H3,(H,32,36). The molecule has 8 heteroatoms. The first-order valence-electron chi connectivity index (χ1n) is 11.9. The first kappa shape index (κ1) is 23.3. The fraction of sp³-hybridized carbons (Fsp3) is 0.214. The lowest BCUT2D eigenvalue weighted by Crippen LogP contribution is -2.39. The third-order valence-corrected chi connectivity index (χ3v) is 6.43. The number of aromatic nitrogens is 5. The molecule has 8 nitrogen and oxygen atoms in total. The summed E-state index contributed by atoms with van der Waals surface area (Å²) >= 11 is 0. The van der Waals surface area contributed by atoms with Crippen molar-refractivity contribution in [2.45, 2.75) is 32.7 Å². The second kappa shape index (κ2) is 9.65. The van der Waals surface area contributed by atoms with E-state index < -0.39 is 6.04 Å². The van der Waals surface area contributed by atoms with Crippen LogP contribution in [0.25, 0.3) is 27.9 Å². The summed E-state index contributed by atoms with van der Waals surface area (Å²) in [6.07, 6.45) is 6.04. The minimum atomic E-state index is -0.522. The van der Waals surface area contributed by atoms with Gasteiger partial charge in [0.25, 0.3) is 11.7 Å². The van der Waals surface area contributed by atoms with Crippen LogP contribution in [0.3, 0.4) is 0 Å². The molecular weight excluding hydrogens is 452 g/mol. The van der Waals surface area contributed by atoms with E-state index in [1.807, 2.05) is 44.3 Å². The van der Waals surface area contributed by atoms with Crippen molar-refractivity contribution < 1.29 is 9.59 Å². The van der Waals surface area contributed by atoms with E-state index in [4.69, 9.17) is 5.10 Å². The summed E-state index contributed by atoms with van der Waals surface area (Å²) in [4.78, 5) is 37.1. The van der Waals surface area contributed by atoms with Crippen LogP contribution < -0.4 is 5.32 Å². The Morgan fingerprint density at radius 2 is 1.75 bits per heavy atom. The Bertz CT molecular complexity index is 1560. The molecule has 36 heavy (non-hydrogen) atoms. The number of rotatable bonds is 7. The fourth-order valence-corrected chi connectivity index (χ4v) is 4.14. The summed E-state index contributed by atoms with van der Waals surface area (Å²) in [5, 5.41) is 8.65. The van der Waals surface area contributed by atoms with Crippen LogP contribution >= 0.6 is 0 Å². The highest BCUT2D eigenvalue weighted by Crippen LogP contribution is 2.27. The fourth-order valence-electron chi connectivity index (χ4n) is 4.14. The van der Waals surface area contributed by atoms with Gasteiger partial charge in [-0.15, -0.1) is 0 Å². The molecule has 3 heterocycles. The Balaban J connectivity index is 1.42. The number of aldehydes is 1. The average Bonchev–Trinajstić information content (AvgIpc) is 3.34. The highest BCUT2D eigenvalue weighted by molar-refractivity contribution is 5.96. The van der Waals surface area contributed by atoms with Crippen LogP contribution in [-0.2, 0) is 4.79 Å². The number of nitrogens with one attached hydrogen (secondary N) is 1. The third kappa shape index (κ3) is 4.45. The van der Waals surface area contributed by atoms with Gasteiger partial charge in [0.15, 0.2) is 0 Å². The molecule has 0 aliphatic heterocycles. The number of nitrogens with zero attached hydrogens (tertiary/aromatic N) is 5. The van der Waals surface area contributed by atoms with Gasteiger partial charge in [0.1, 0.15) is 12.0 Å². The van der Waals surface area contributed by atoms with Crippen LogP contribution in [0.2, 0.25) is 0 Å². The first-order valence-corrected chi connectivity index (χ1v) is 11.9. The highest BCUT2D eigenvalue weighted by atomic mass is 16.2. The summed E-state index contributed by atoms with van der Waals surface area (Å²) in [6, 6.07) is 16.8. The minimum absolute atomic E-state index is 0.0192. The van der Waals surface area contributed by atoms with E-state index in [1.54, 1.807) is 29.0 Å². The smallest absolute Gasteiger partial charge is 0.251 e. The summed E-state index contributed by atoms with van der Waals surface area (Å²) in [6.45, 7) is 5.89. The van der Waals surface area contributed by atoms with Gasteiger partial charge >= 0.3 is 0 Å².